The van der Waals surface area contributed by atoms with Crippen LogP contribution in [0.15, 0.2) is 24.9 Å². The molecule has 1 aliphatic rings. The van der Waals surface area contributed by atoms with Crippen LogP contribution in [0.4, 0.5) is 0 Å². The first-order valence-corrected chi connectivity index (χ1v) is 7.60. The smallest absolute Gasteiger partial charge is 0.139 e. The lowest BCUT2D eigenvalue weighted by molar-refractivity contribution is -0.0183. The van der Waals surface area contributed by atoms with Crippen molar-refractivity contribution >= 4 is 0 Å². The molecule has 1 N–H and O–H groups in total. The van der Waals surface area contributed by atoms with E-state index in [0.29, 0.717) is 6.04 Å². The van der Waals surface area contributed by atoms with Crippen molar-refractivity contribution in [3.63, 3.8) is 0 Å². The maximum atomic E-state index is 6.01. The third-order valence-corrected chi connectivity index (χ3v) is 4.13. The fourth-order valence-corrected chi connectivity index (χ4v) is 2.88. The highest BCUT2D eigenvalue weighted by Gasteiger charge is 2.30. The second-order valence-electron chi connectivity index (χ2n) is 5.49. The van der Waals surface area contributed by atoms with Gasteiger partial charge in [-0.15, -0.1) is 0 Å². The van der Waals surface area contributed by atoms with Crippen LogP contribution in [0, 0.1) is 0 Å². The Morgan fingerprint density at radius 3 is 3.14 bits per heavy atom. The summed E-state index contributed by atoms with van der Waals surface area (Å²) in [5.74, 6) is 1.03. The number of hydrogen-bond acceptors (Lipinski definition) is 4. The van der Waals surface area contributed by atoms with E-state index >= 15 is 0 Å². The van der Waals surface area contributed by atoms with Gasteiger partial charge in [0.1, 0.15) is 11.9 Å². The van der Waals surface area contributed by atoms with E-state index in [4.69, 9.17) is 4.74 Å². The lowest BCUT2D eigenvalue weighted by Gasteiger charge is -2.32. The van der Waals surface area contributed by atoms with E-state index < -0.39 is 0 Å². The summed E-state index contributed by atoms with van der Waals surface area (Å²) in [7, 11) is 2.02. The van der Waals surface area contributed by atoms with Crippen molar-refractivity contribution in [2.75, 3.05) is 6.61 Å². The van der Waals surface area contributed by atoms with Gasteiger partial charge in [0.25, 0.3) is 0 Å². The Bertz CT molecular complexity index is 576. The highest BCUT2D eigenvalue weighted by Crippen LogP contribution is 2.27. The summed E-state index contributed by atoms with van der Waals surface area (Å²) in [5, 5.41) is 3.62. The quantitative estimate of drug-likeness (QED) is 0.909. The van der Waals surface area contributed by atoms with Gasteiger partial charge in [-0.05, 0) is 19.8 Å². The van der Waals surface area contributed by atoms with Crippen LogP contribution in [0.2, 0.25) is 0 Å². The molecule has 0 spiro atoms. The van der Waals surface area contributed by atoms with E-state index in [1.165, 1.54) is 5.69 Å². The summed E-state index contributed by atoms with van der Waals surface area (Å²) in [4.78, 5) is 8.66. The third-order valence-electron chi connectivity index (χ3n) is 4.13. The Labute approximate surface area is 125 Å². The minimum absolute atomic E-state index is 0.0296. The van der Waals surface area contributed by atoms with Gasteiger partial charge in [0.15, 0.2) is 0 Å². The molecule has 1 fully saturated rings. The van der Waals surface area contributed by atoms with Gasteiger partial charge in [0, 0.05) is 51.4 Å². The van der Waals surface area contributed by atoms with Gasteiger partial charge in [-0.3, -0.25) is 0 Å². The molecular formula is C15H23N5O. The number of aryl methyl sites for hydroxylation is 2. The first-order chi connectivity index (χ1) is 10.3. The summed E-state index contributed by atoms with van der Waals surface area (Å²) in [6, 6.07) is 0.293. The molecule has 0 unspecified atom stereocenters. The minimum Gasteiger partial charge on any atom is -0.369 e. The zero-order valence-electron chi connectivity index (χ0n) is 12.7. The zero-order chi connectivity index (χ0) is 14.7. The SMILES string of the molecule is CCn1ccnc1[C@H]1OCCC[C@@H]1NCc1cncn1C. The first-order valence-electron chi connectivity index (χ1n) is 7.60. The van der Waals surface area contributed by atoms with Crippen LogP contribution < -0.4 is 5.32 Å². The molecule has 0 saturated carbocycles. The fraction of sp³-hybridized carbons (Fsp3) is 0.600. The summed E-state index contributed by atoms with van der Waals surface area (Å²) < 4.78 is 10.2. The predicted molar refractivity (Wildman–Crippen MR) is 79.7 cm³/mol. The van der Waals surface area contributed by atoms with E-state index in [0.717, 1.165) is 38.4 Å². The maximum absolute atomic E-state index is 6.01. The highest BCUT2D eigenvalue weighted by atomic mass is 16.5. The van der Waals surface area contributed by atoms with E-state index in [1.807, 2.05) is 36.5 Å². The molecule has 2 aromatic rings. The van der Waals surface area contributed by atoms with Crippen molar-refractivity contribution in [3.05, 3.63) is 36.4 Å². The molecule has 3 heterocycles. The van der Waals surface area contributed by atoms with Crippen molar-refractivity contribution in [2.24, 2.45) is 7.05 Å². The van der Waals surface area contributed by atoms with Crippen LogP contribution in [0.25, 0.3) is 0 Å². The van der Waals surface area contributed by atoms with Crippen LogP contribution in [-0.4, -0.2) is 31.8 Å². The summed E-state index contributed by atoms with van der Waals surface area (Å²) in [6.07, 6.45) is 9.84. The molecule has 1 aliphatic heterocycles. The standard InChI is InChI=1S/C15H23N5O/c1-3-20-7-6-17-15(20)14-13(5-4-8-21-14)18-10-12-9-16-11-19(12)2/h6-7,9,11,13-14,18H,3-5,8,10H2,1-2H3/t13-,14-/m0/s1. The topological polar surface area (TPSA) is 56.9 Å². The number of imidazole rings is 2. The van der Waals surface area contributed by atoms with Crippen LogP contribution in [0.1, 0.15) is 37.4 Å². The molecule has 114 valence electrons. The molecule has 0 aromatic carbocycles. The summed E-state index contributed by atoms with van der Waals surface area (Å²) in [6.45, 7) is 4.66. The van der Waals surface area contributed by atoms with Gasteiger partial charge in [-0.1, -0.05) is 0 Å². The van der Waals surface area contributed by atoms with Gasteiger partial charge in [-0.2, -0.15) is 0 Å². The molecular weight excluding hydrogens is 266 g/mol. The minimum atomic E-state index is 0.0296. The number of nitrogens with zero attached hydrogens (tertiary/aromatic N) is 4. The molecule has 6 heteroatoms. The molecule has 2 atom stereocenters. The highest BCUT2D eigenvalue weighted by molar-refractivity contribution is 5.04. The van der Waals surface area contributed by atoms with Gasteiger partial charge >= 0.3 is 0 Å². The second kappa shape index (κ2) is 6.41. The number of rotatable bonds is 5. The van der Waals surface area contributed by atoms with Crippen LogP contribution in [0.3, 0.4) is 0 Å². The molecule has 0 aliphatic carbocycles. The second-order valence-corrected chi connectivity index (χ2v) is 5.49. The zero-order valence-corrected chi connectivity index (χ0v) is 12.7. The van der Waals surface area contributed by atoms with E-state index in [1.54, 1.807) is 0 Å². The van der Waals surface area contributed by atoms with Crippen LogP contribution >= 0.6 is 0 Å². The molecule has 0 bridgehead atoms. The molecule has 0 amide bonds. The number of aromatic nitrogens is 4. The van der Waals surface area contributed by atoms with Gasteiger partial charge in [-0.25, -0.2) is 9.97 Å². The van der Waals surface area contributed by atoms with Crippen molar-refractivity contribution in [1.82, 2.24) is 24.4 Å². The third kappa shape index (κ3) is 3.01. The fourth-order valence-electron chi connectivity index (χ4n) is 2.88. The van der Waals surface area contributed by atoms with Crippen molar-refractivity contribution < 1.29 is 4.74 Å². The van der Waals surface area contributed by atoms with Gasteiger partial charge < -0.3 is 19.2 Å². The number of nitrogens with one attached hydrogen (secondary N) is 1. The van der Waals surface area contributed by atoms with E-state index in [-0.39, 0.29) is 6.10 Å². The molecule has 2 aromatic heterocycles. The Balaban J connectivity index is 1.71. The van der Waals surface area contributed by atoms with Crippen molar-refractivity contribution in [3.8, 4) is 0 Å². The van der Waals surface area contributed by atoms with Crippen molar-refractivity contribution in [1.29, 1.82) is 0 Å². The number of hydrogen-bond donors (Lipinski definition) is 1. The molecule has 3 rings (SSSR count). The van der Waals surface area contributed by atoms with E-state index in [9.17, 15) is 0 Å². The average molecular weight is 289 g/mol. The monoisotopic (exact) mass is 289 g/mol. The first kappa shape index (κ1) is 14.3. The Hall–Kier alpha value is -1.66. The van der Waals surface area contributed by atoms with E-state index in [2.05, 4.69) is 26.8 Å². The average Bonchev–Trinajstić information content (AvgIpc) is 3.14. The normalized spacial score (nSPS) is 22.6. The summed E-state index contributed by atoms with van der Waals surface area (Å²) >= 11 is 0. The summed E-state index contributed by atoms with van der Waals surface area (Å²) in [5.41, 5.74) is 1.18. The largest absolute Gasteiger partial charge is 0.369 e. The van der Waals surface area contributed by atoms with Gasteiger partial charge in [0.2, 0.25) is 0 Å². The molecule has 21 heavy (non-hydrogen) atoms. The molecule has 0 radical (unpaired) electrons. The lowest BCUT2D eigenvalue weighted by Crippen LogP contribution is -2.40. The Morgan fingerprint density at radius 1 is 1.48 bits per heavy atom. The van der Waals surface area contributed by atoms with Crippen LogP contribution in [0.5, 0.6) is 0 Å². The predicted octanol–water partition coefficient (Wildman–Crippen LogP) is 1.65. The van der Waals surface area contributed by atoms with Crippen molar-refractivity contribution in [2.45, 2.75) is 45.0 Å². The van der Waals surface area contributed by atoms with Gasteiger partial charge in [0.05, 0.1) is 12.0 Å². The van der Waals surface area contributed by atoms with Crippen LogP contribution in [-0.2, 0) is 24.9 Å². The Kier molecular flexibility index (Phi) is 4.36. The molecule has 6 nitrogen and oxygen atoms in total. The Morgan fingerprint density at radius 2 is 2.38 bits per heavy atom. The lowest BCUT2D eigenvalue weighted by atomic mass is 10.0. The molecule has 1 saturated heterocycles. The maximum Gasteiger partial charge on any atom is 0.139 e. The number of ether oxygens (including phenoxy) is 1.